The molecule has 0 aliphatic rings. The smallest absolute Gasteiger partial charge is 0.134 e. The summed E-state index contributed by atoms with van der Waals surface area (Å²) in [7, 11) is 0. The third kappa shape index (κ3) is 3.52. The highest BCUT2D eigenvalue weighted by molar-refractivity contribution is 6.31. The van der Waals surface area contributed by atoms with Crippen LogP contribution in [0.5, 0.6) is 0 Å². The molecule has 2 aromatic rings. The van der Waals surface area contributed by atoms with E-state index in [-0.39, 0.29) is 6.04 Å². The van der Waals surface area contributed by atoms with E-state index in [9.17, 15) is 0 Å². The van der Waals surface area contributed by atoms with E-state index in [2.05, 4.69) is 24.2 Å². The highest BCUT2D eigenvalue weighted by Gasteiger charge is 2.16. The van der Waals surface area contributed by atoms with Crippen LogP contribution in [0.15, 0.2) is 28.7 Å². The number of fused-ring (bicyclic) bond motifs is 1. The Labute approximate surface area is 124 Å². The fraction of sp³-hybridized carbons (Fsp3) is 0.467. The van der Waals surface area contributed by atoms with Crippen LogP contribution in [0.4, 0.5) is 0 Å². The zero-order valence-electron chi connectivity index (χ0n) is 12.0. The van der Waals surface area contributed by atoms with Gasteiger partial charge in [-0.2, -0.15) is 0 Å². The van der Waals surface area contributed by atoms with Gasteiger partial charge in [-0.3, -0.25) is 5.84 Å². The molecule has 0 saturated heterocycles. The molecule has 0 spiro atoms. The zero-order valence-corrected chi connectivity index (χ0v) is 12.8. The van der Waals surface area contributed by atoms with Crippen molar-refractivity contribution in [1.29, 1.82) is 0 Å². The second-order valence-electron chi connectivity index (χ2n) is 4.87. The molecule has 1 unspecified atom stereocenters. The van der Waals surface area contributed by atoms with Crippen LogP contribution in [0, 0.1) is 0 Å². The Morgan fingerprint density at radius 2 is 2.05 bits per heavy atom. The normalized spacial score (nSPS) is 13.2. The summed E-state index contributed by atoms with van der Waals surface area (Å²) < 4.78 is 5.86. The molecule has 0 aliphatic heterocycles. The third-order valence-corrected chi connectivity index (χ3v) is 3.91. The van der Waals surface area contributed by atoms with Crippen LogP contribution in [0.3, 0.4) is 0 Å². The number of hydrogen-bond acceptors (Lipinski definition) is 4. The van der Waals surface area contributed by atoms with Gasteiger partial charge in [0.15, 0.2) is 0 Å². The Morgan fingerprint density at radius 1 is 1.30 bits per heavy atom. The van der Waals surface area contributed by atoms with Crippen molar-refractivity contribution in [2.75, 3.05) is 19.6 Å². The van der Waals surface area contributed by atoms with Gasteiger partial charge in [-0.1, -0.05) is 25.4 Å². The molecule has 0 aliphatic carbocycles. The topological polar surface area (TPSA) is 54.4 Å². The van der Waals surface area contributed by atoms with E-state index in [1.54, 1.807) is 0 Å². The average molecular weight is 296 g/mol. The molecule has 1 aromatic carbocycles. The standard InChI is InChI=1S/C15H22ClN3O/c1-3-19(4-2)8-7-13(18-17)15-10-11-9-12(16)5-6-14(11)20-15/h5-6,9-10,13,18H,3-4,7-8,17H2,1-2H3. The first-order valence-corrected chi connectivity index (χ1v) is 7.43. The van der Waals surface area contributed by atoms with Crippen LogP contribution < -0.4 is 11.3 Å². The van der Waals surface area contributed by atoms with Crippen LogP contribution in [-0.2, 0) is 0 Å². The average Bonchev–Trinajstić information content (AvgIpc) is 2.86. The van der Waals surface area contributed by atoms with Crippen molar-refractivity contribution in [2.45, 2.75) is 26.3 Å². The van der Waals surface area contributed by atoms with Gasteiger partial charge in [-0.05, 0) is 43.8 Å². The second-order valence-corrected chi connectivity index (χ2v) is 5.30. The third-order valence-electron chi connectivity index (χ3n) is 3.67. The van der Waals surface area contributed by atoms with Gasteiger partial charge in [-0.25, -0.2) is 5.43 Å². The molecule has 1 atom stereocenters. The van der Waals surface area contributed by atoms with Gasteiger partial charge in [0, 0.05) is 17.0 Å². The minimum Gasteiger partial charge on any atom is -0.459 e. The van der Waals surface area contributed by atoms with E-state index >= 15 is 0 Å². The molecule has 1 aromatic heterocycles. The second kappa shape index (κ2) is 7.09. The summed E-state index contributed by atoms with van der Waals surface area (Å²) in [6.07, 6.45) is 0.908. The fourth-order valence-electron chi connectivity index (χ4n) is 2.37. The minimum atomic E-state index is 0.0155. The van der Waals surface area contributed by atoms with Gasteiger partial charge in [-0.15, -0.1) is 0 Å². The molecule has 20 heavy (non-hydrogen) atoms. The summed E-state index contributed by atoms with van der Waals surface area (Å²) in [6.45, 7) is 7.40. The number of rotatable bonds is 7. The summed E-state index contributed by atoms with van der Waals surface area (Å²) in [5.74, 6) is 6.53. The molecular formula is C15H22ClN3O. The number of nitrogens with two attached hydrogens (primary N) is 1. The Balaban J connectivity index is 2.12. The van der Waals surface area contributed by atoms with Crippen molar-refractivity contribution in [3.05, 3.63) is 35.0 Å². The number of hydrazine groups is 1. The van der Waals surface area contributed by atoms with Crippen molar-refractivity contribution in [2.24, 2.45) is 5.84 Å². The quantitative estimate of drug-likeness (QED) is 0.608. The number of halogens is 1. The molecule has 0 amide bonds. The summed E-state index contributed by atoms with van der Waals surface area (Å²) >= 11 is 5.99. The molecule has 5 heteroatoms. The zero-order chi connectivity index (χ0) is 14.5. The number of hydrogen-bond donors (Lipinski definition) is 2. The molecule has 0 fully saturated rings. The lowest BCUT2D eigenvalue weighted by Crippen LogP contribution is -2.32. The van der Waals surface area contributed by atoms with Crippen molar-refractivity contribution >= 4 is 22.6 Å². The van der Waals surface area contributed by atoms with Gasteiger partial charge < -0.3 is 9.32 Å². The summed E-state index contributed by atoms with van der Waals surface area (Å²) in [6, 6.07) is 7.65. The molecule has 110 valence electrons. The van der Waals surface area contributed by atoms with E-state index in [0.29, 0.717) is 5.02 Å². The number of nitrogens with one attached hydrogen (secondary N) is 1. The molecule has 0 saturated carbocycles. The van der Waals surface area contributed by atoms with Crippen LogP contribution in [-0.4, -0.2) is 24.5 Å². The first-order valence-electron chi connectivity index (χ1n) is 7.05. The molecule has 4 nitrogen and oxygen atoms in total. The molecule has 0 radical (unpaired) electrons. The van der Waals surface area contributed by atoms with Crippen LogP contribution in [0.25, 0.3) is 11.0 Å². The summed E-state index contributed by atoms with van der Waals surface area (Å²) in [4.78, 5) is 2.36. The van der Waals surface area contributed by atoms with Crippen molar-refractivity contribution in [1.82, 2.24) is 10.3 Å². The van der Waals surface area contributed by atoms with E-state index in [1.807, 2.05) is 24.3 Å². The lowest BCUT2D eigenvalue weighted by Gasteiger charge is -2.21. The maximum Gasteiger partial charge on any atom is 0.134 e. The van der Waals surface area contributed by atoms with Crippen molar-refractivity contribution in [3.8, 4) is 0 Å². The van der Waals surface area contributed by atoms with Gasteiger partial charge in [0.2, 0.25) is 0 Å². The molecule has 2 rings (SSSR count). The molecule has 0 bridgehead atoms. The summed E-state index contributed by atoms with van der Waals surface area (Å²) in [5.41, 5.74) is 3.68. The van der Waals surface area contributed by atoms with E-state index in [0.717, 1.165) is 42.8 Å². The Hall–Kier alpha value is -1.07. The van der Waals surface area contributed by atoms with Gasteiger partial charge in [0.25, 0.3) is 0 Å². The lowest BCUT2D eigenvalue weighted by molar-refractivity contribution is 0.273. The van der Waals surface area contributed by atoms with E-state index < -0.39 is 0 Å². The van der Waals surface area contributed by atoms with Gasteiger partial charge >= 0.3 is 0 Å². The predicted molar refractivity (Wildman–Crippen MR) is 83.7 cm³/mol. The fourth-order valence-corrected chi connectivity index (χ4v) is 2.55. The molecule has 1 heterocycles. The van der Waals surface area contributed by atoms with Gasteiger partial charge in [0.1, 0.15) is 11.3 Å². The highest BCUT2D eigenvalue weighted by atomic mass is 35.5. The van der Waals surface area contributed by atoms with Crippen LogP contribution in [0.2, 0.25) is 5.02 Å². The molecular weight excluding hydrogens is 274 g/mol. The monoisotopic (exact) mass is 295 g/mol. The van der Waals surface area contributed by atoms with E-state index in [4.69, 9.17) is 21.9 Å². The Kier molecular flexibility index (Phi) is 5.43. The van der Waals surface area contributed by atoms with Crippen LogP contribution in [0.1, 0.15) is 32.1 Å². The highest BCUT2D eigenvalue weighted by Crippen LogP contribution is 2.27. The van der Waals surface area contributed by atoms with Crippen molar-refractivity contribution < 1.29 is 4.42 Å². The number of benzene rings is 1. The Morgan fingerprint density at radius 3 is 2.70 bits per heavy atom. The lowest BCUT2D eigenvalue weighted by atomic mass is 10.1. The van der Waals surface area contributed by atoms with E-state index in [1.165, 1.54) is 0 Å². The first kappa shape index (κ1) is 15.3. The Bertz CT molecular complexity index is 551. The maximum absolute atomic E-state index is 5.99. The SMILES string of the molecule is CCN(CC)CCC(NN)c1cc2cc(Cl)ccc2o1. The van der Waals surface area contributed by atoms with Gasteiger partial charge in [0.05, 0.1) is 6.04 Å². The minimum absolute atomic E-state index is 0.0155. The van der Waals surface area contributed by atoms with Crippen molar-refractivity contribution in [3.63, 3.8) is 0 Å². The number of nitrogens with zero attached hydrogens (tertiary/aromatic N) is 1. The summed E-state index contributed by atoms with van der Waals surface area (Å²) in [5, 5.41) is 1.72. The maximum atomic E-state index is 5.99. The largest absolute Gasteiger partial charge is 0.459 e. The number of furan rings is 1. The first-order chi connectivity index (χ1) is 9.67. The van der Waals surface area contributed by atoms with Crippen LogP contribution >= 0.6 is 11.6 Å². The predicted octanol–water partition coefficient (Wildman–Crippen LogP) is 3.32. The molecule has 3 N–H and O–H groups in total.